The van der Waals surface area contributed by atoms with Crippen LogP contribution >= 0.6 is 0 Å². The summed E-state index contributed by atoms with van der Waals surface area (Å²) in [6.45, 7) is 4.87. The molecule has 0 atom stereocenters. The van der Waals surface area contributed by atoms with Gasteiger partial charge in [0.2, 0.25) is 0 Å². The van der Waals surface area contributed by atoms with Crippen LogP contribution in [0.3, 0.4) is 0 Å². The molecule has 3 heteroatoms. The minimum absolute atomic E-state index is 0.124. The first kappa shape index (κ1) is 16.1. The lowest BCUT2D eigenvalue weighted by atomic mass is 10.1. The number of ether oxygens (including phenoxy) is 1. The van der Waals surface area contributed by atoms with E-state index in [1.165, 1.54) is 0 Å². The number of rotatable bonds is 5. The largest absolute Gasteiger partial charge is 0.493 e. The number of carbonyl (C=O) groups is 1. The van der Waals surface area contributed by atoms with E-state index in [9.17, 15) is 4.79 Å². The van der Waals surface area contributed by atoms with E-state index in [0.717, 1.165) is 22.2 Å². The highest BCUT2D eigenvalue weighted by atomic mass is 16.5. The topological polar surface area (TPSA) is 38.3 Å². The normalized spacial score (nSPS) is 10.8. The molecule has 0 radical (unpaired) electrons. The van der Waals surface area contributed by atoms with Gasteiger partial charge in [-0.2, -0.15) is 0 Å². The van der Waals surface area contributed by atoms with Crippen molar-refractivity contribution in [2.45, 2.75) is 13.8 Å². The van der Waals surface area contributed by atoms with Crippen LogP contribution in [-0.2, 0) is 0 Å². The lowest BCUT2D eigenvalue weighted by Gasteiger charge is -2.10. The SMILES string of the molecule is CC(C)COc1ccc(C(=O)Nc2ccc3ccccc3c2)cc1. The molecule has 0 fully saturated rings. The van der Waals surface area contributed by atoms with Crippen molar-refractivity contribution in [2.24, 2.45) is 5.92 Å². The molecule has 0 bridgehead atoms. The van der Waals surface area contributed by atoms with E-state index >= 15 is 0 Å². The molecule has 0 saturated heterocycles. The standard InChI is InChI=1S/C21H21NO2/c1-15(2)14-24-20-11-8-17(9-12-20)21(23)22-19-10-7-16-5-3-4-6-18(16)13-19/h3-13,15H,14H2,1-2H3,(H,22,23). The number of amides is 1. The summed E-state index contributed by atoms with van der Waals surface area (Å²) >= 11 is 0. The van der Waals surface area contributed by atoms with Gasteiger partial charge in [-0.05, 0) is 53.1 Å². The van der Waals surface area contributed by atoms with Gasteiger partial charge in [-0.1, -0.05) is 44.2 Å². The molecule has 0 unspecified atom stereocenters. The maximum Gasteiger partial charge on any atom is 0.255 e. The maximum absolute atomic E-state index is 12.4. The predicted octanol–water partition coefficient (Wildman–Crippen LogP) is 5.13. The molecule has 0 aromatic heterocycles. The Morgan fingerprint density at radius 3 is 2.38 bits per heavy atom. The predicted molar refractivity (Wildman–Crippen MR) is 98.7 cm³/mol. The third-order valence-electron chi connectivity index (χ3n) is 3.71. The summed E-state index contributed by atoms with van der Waals surface area (Å²) in [4.78, 5) is 12.4. The molecule has 0 aliphatic carbocycles. The van der Waals surface area contributed by atoms with E-state index in [4.69, 9.17) is 4.74 Å². The number of fused-ring (bicyclic) bond motifs is 1. The van der Waals surface area contributed by atoms with Gasteiger partial charge in [-0.3, -0.25) is 4.79 Å². The number of hydrogen-bond acceptors (Lipinski definition) is 2. The van der Waals surface area contributed by atoms with Gasteiger partial charge in [0.25, 0.3) is 5.91 Å². The summed E-state index contributed by atoms with van der Waals surface area (Å²) in [7, 11) is 0. The Morgan fingerprint density at radius 2 is 1.67 bits per heavy atom. The van der Waals surface area contributed by atoms with Crippen LogP contribution in [0.5, 0.6) is 5.75 Å². The van der Waals surface area contributed by atoms with Crippen LogP contribution in [0, 0.1) is 5.92 Å². The molecule has 1 amide bonds. The molecule has 0 heterocycles. The Hall–Kier alpha value is -2.81. The van der Waals surface area contributed by atoms with Gasteiger partial charge in [0.15, 0.2) is 0 Å². The van der Waals surface area contributed by atoms with Crippen LogP contribution in [0.1, 0.15) is 24.2 Å². The van der Waals surface area contributed by atoms with Crippen LogP contribution in [0.15, 0.2) is 66.7 Å². The summed E-state index contributed by atoms with van der Waals surface area (Å²) in [6, 6.07) is 21.2. The minimum Gasteiger partial charge on any atom is -0.493 e. The average molecular weight is 319 g/mol. The third-order valence-corrected chi connectivity index (χ3v) is 3.71. The molecule has 122 valence electrons. The van der Waals surface area contributed by atoms with E-state index in [-0.39, 0.29) is 5.91 Å². The van der Waals surface area contributed by atoms with Crippen LogP contribution in [0.4, 0.5) is 5.69 Å². The Balaban J connectivity index is 1.69. The molecule has 24 heavy (non-hydrogen) atoms. The Morgan fingerprint density at radius 1 is 0.958 bits per heavy atom. The van der Waals surface area contributed by atoms with Crippen molar-refractivity contribution >= 4 is 22.4 Å². The number of benzene rings is 3. The highest BCUT2D eigenvalue weighted by Crippen LogP contribution is 2.20. The van der Waals surface area contributed by atoms with Gasteiger partial charge in [0, 0.05) is 11.3 Å². The quantitative estimate of drug-likeness (QED) is 0.708. The number of nitrogens with one attached hydrogen (secondary N) is 1. The Kier molecular flexibility index (Phi) is 4.80. The van der Waals surface area contributed by atoms with Gasteiger partial charge in [-0.25, -0.2) is 0 Å². The fourth-order valence-electron chi connectivity index (χ4n) is 2.44. The first-order valence-electron chi connectivity index (χ1n) is 8.15. The van der Waals surface area contributed by atoms with Crippen LogP contribution in [0.2, 0.25) is 0 Å². The van der Waals surface area contributed by atoms with Gasteiger partial charge >= 0.3 is 0 Å². The van der Waals surface area contributed by atoms with Crippen LogP contribution in [0.25, 0.3) is 10.8 Å². The van der Waals surface area contributed by atoms with Crippen molar-refractivity contribution in [3.8, 4) is 5.75 Å². The second-order valence-corrected chi connectivity index (χ2v) is 6.25. The van der Waals surface area contributed by atoms with Gasteiger partial charge in [0.05, 0.1) is 6.61 Å². The van der Waals surface area contributed by atoms with E-state index in [1.54, 1.807) is 12.1 Å². The van der Waals surface area contributed by atoms with Crippen molar-refractivity contribution in [3.05, 3.63) is 72.3 Å². The zero-order chi connectivity index (χ0) is 16.9. The van der Waals surface area contributed by atoms with Crippen molar-refractivity contribution in [3.63, 3.8) is 0 Å². The van der Waals surface area contributed by atoms with E-state index in [2.05, 4.69) is 25.2 Å². The first-order valence-corrected chi connectivity index (χ1v) is 8.15. The monoisotopic (exact) mass is 319 g/mol. The molecule has 1 N–H and O–H groups in total. The van der Waals surface area contributed by atoms with Crippen molar-refractivity contribution < 1.29 is 9.53 Å². The second-order valence-electron chi connectivity index (χ2n) is 6.25. The van der Waals surface area contributed by atoms with E-state index in [1.807, 2.05) is 48.5 Å². The summed E-state index contributed by atoms with van der Waals surface area (Å²) in [5.74, 6) is 1.13. The molecule has 3 aromatic rings. The zero-order valence-corrected chi connectivity index (χ0v) is 14.0. The van der Waals surface area contributed by atoms with Crippen LogP contribution < -0.4 is 10.1 Å². The Bertz CT molecular complexity index is 838. The molecule has 0 aliphatic heterocycles. The van der Waals surface area contributed by atoms with Gasteiger partial charge in [-0.15, -0.1) is 0 Å². The third kappa shape index (κ3) is 3.93. The van der Waals surface area contributed by atoms with Crippen LogP contribution in [-0.4, -0.2) is 12.5 Å². The second kappa shape index (κ2) is 7.18. The lowest BCUT2D eigenvalue weighted by molar-refractivity contribution is 0.102. The fourth-order valence-corrected chi connectivity index (χ4v) is 2.44. The van der Waals surface area contributed by atoms with Crippen molar-refractivity contribution in [2.75, 3.05) is 11.9 Å². The zero-order valence-electron chi connectivity index (χ0n) is 14.0. The number of carbonyl (C=O) groups excluding carboxylic acids is 1. The molecule has 3 nitrogen and oxygen atoms in total. The molecule has 0 saturated carbocycles. The summed E-state index contributed by atoms with van der Waals surface area (Å²) in [6.07, 6.45) is 0. The van der Waals surface area contributed by atoms with E-state index < -0.39 is 0 Å². The fraction of sp³-hybridized carbons (Fsp3) is 0.190. The lowest BCUT2D eigenvalue weighted by Crippen LogP contribution is -2.12. The molecule has 3 rings (SSSR count). The highest BCUT2D eigenvalue weighted by molar-refractivity contribution is 6.05. The summed E-state index contributed by atoms with van der Waals surface area (Å²) in [5, 5.41) is 5.20. The molecule has 0 spiro atoms. The number of hydrogen-bond donors (Lipinski definition) is 1. The molecule has 3 aromatic carbocycles. The maximum atomic E-state index is 12.4. The Labute approximate surface area is 142 Å². The van der Waals surface area contributed by atoms with Gasteiger partial charge < -0.3 is 10.1 Å². The molecule has 0 aliphatic rings. The van der Waals surface area contributed by atoms with Crippen molar-refractivity contribution in [1.29, 1.82) is 0 Å². The summed E-state index contributed by atoms with van der Waals surface area (Å²) in [5.41, 5.74) is 1.40. The molecular formula is C21H21NO2. The van der Waals surface area contributed by atoms with Gasteiger partial charge in [0.1, 0.15) is 5.75 Å². The summed E-state index contributed by atoms with van der Waals surface area (Å²) < 4.78 is 5.64. The molecular weight excluding hydrogens is 298 g/mol. The van der Waals surface area contributed by atoms with E-state index in [0.29, 0.717) is 18.1 Å². The van der Waals surface area contributed by atoms with Crippen molar-refractivity contribution in [1.82, 2.24) is 0 Å². The smallest absolute Gasteiger partial charge is 0.255 e. The average Bonchev–Trinajstić information content (AvgIpc) is 2.60. The minimum atomic E-state index is -0.124. The number of anilines is 1. The highest BCUT2D eigenvalue weighted by Gasteiger charge is 2.07. The first-order chi connectivity index (χ1) is 11.6.